The van der Waals surface area contributed by atoms with E-state index in [2.05, 4.69) is 62.6 Å². The van der Waals surface area contributed by atoms with E-state index in [1.54, 1.807) is 5.32 Å². The summed E-state index contributed by atoms with van der Waals surface area (Å²) in [6, 6.07) is 8.68. The number of carbonyl (C=O) groups is 2. The molecule has 5 N–H and O–H groups in total. The Kier molecular flexibility index (Phi) is 5.74. The summed E-state index contributed by atoms with van der Waals surface area (Å²) in [7, 11) is 0. The summed E-state index contributed by atoms with van der Waals surface area (Å²) in [5, 5.41) is 1.58. The van der Waals surface area contributed by atoms with E-state index in [0.29, 0.717) is 5.41 Å². The lowest BCUT2D eigenvalue weighted by molar-refractivity contribution is 0.236. The molecule has 0 aliphatic carbocycles. The molecule has 0 bridgehead atoms. The predicted molar refractivity (Wildman–Crippen MR) is 67.4 cm³/mol. The van der Waals surface area contributed by atoms with Crippen LogP contribution in [0.2, 0.25) is 0 Å². The lowest BCUT2D eigenvalue weighted by Crippen LogP contribution is -2.38. The third kappa shape index (κ3) is 7.84. The fourth-order valence-electron chi connectivity index (χ4n) is 1.06. The van der Waals surface area contributed by atoms with Crippen molar-refractivity contribution in [3.05, 3.63) is 35.9 Å². The monoisotopic (exact) mass is 237 g/mol. The molecule has 0 saturated carbocycles. The molecule has 94 valence electrons. The molecule has 0 saturated heterocycles. The highest BCUT2D eigenvalue weighted by atomic mass is 16.2. The Morgan fingerprint density at radius 2 is 1.41 bits per heavy atom. The molecule has 0 aliphatic rings. The number of rotatable bonds is 0. The van der Waals surface area contributed by atoms with Crippen LogP contribution in [0.3, 0.4) is 0 Å². The number of nitrogens with two attached hydrogens (primary N) is 2. The summed E-state index contributed by atoms with van der Waals surface area (Å²) in [5.41, 5.74) is 10.6. The molecule has 0 atom stereocenters. The lowest BCUT2D eigenvalue weighted by atomic mass is 9.87. The van der Waals surface area contributed by atoms with Crippen LogP contribution >= 0.6 is 0 Å². The van der Waals surface area contributed by atoms with Crippen molar-refractivity contribution in [3.63, 3.8) is 0 Å². The van der Waals surface area contributed by atoms with E-state index in [-0.39, 0.29) is 0 Å². The molecule has 0 aliphatic heterocycles. The molecule has 5 heteroatoms. The fraction of sp³-hybridized carbons (Fsp3) is 0.333. The average molecular weight is 237 g/mol. The van der Waals surface area contributed by atoms with Crippen LogP contribution in [0.5, 0.6) is 0 Å². The fourth-order valence-corrected chi connectivity index (χ4v) is 1.06. The van der Waals surface area contributed by atoms with E-state index in [9.17, 15) is 9.59 Å². The number of urea groups is 2. The first-order chi connectivity index (χ1) is 7.73. The molecular formula is C12H19N3O2. The number of primary amides is 2. The maximum Gasteiger partial charge on any atom is 0.320 e. The van der Waals surface area contributed by atoms with Crippen LogP contribution in [0.4, 0.5) is 9.59 Å². The molecule has 1 rings (SSSR count). The van der Waals surface area contributed by atoms with Crippen LogP contribution in [0, 0.1) is 0 Å². The van der Waals surface area contributed by atoms with Crippen molar-refractivity contribution in [2.75, 3.05) is 0 Å². The van der Waals surface area contributed by atoms with E-state index >= 15 is 0 Å². The quantitative estimate of drug-likeness (QED) is 0.640. The van der Waals surface area contributed by atoms with Crippen LogP contribution in [0.25, 0.3) is 0 Å². The van der Waals surface area contributed by atoms with Crippen LogP contribution in [-0.2, 0) is 5.41 Å². The maximum absolute atomic E-state index is 9.62. The largest absolute Gasteiger partial charge is 0.351 e. The zero-order chi connectivity index (χ0) is 13.5. The highest BCUT2D eigenvalue weighted by Crippen LogP contribution is 2.20. The van der Waals surface area contributed by atoms with Gasteiger partial charge in [-0.25, -0.2) is 9.59 Å². The smallest absolute Gasteiger partial charge is 0.320 e. The second-order valence-electron chi connectivity index (χ2n) is 4.47. The summed E-state index contributed by atoms with van der Waals surface area (Å²) in [5.74, 6) is 0. The molecule has 0 unspecified atom stereocenters. The second-order valence-corrected chi connectivity index (χ2v) is 4.47. The van der Waals surface area contributed by atoms with Gasteiger partial charge in [0.25, 0.3) is 0 Å². The molecule has 0 aromatic heterocycles. The van der Waals surface area contributed by atoms with Gasteiger partial charge in [0.15, 0.2) is 0 Å². The van der Waals surface area contributed by atoms with Gasteiger partial charge in [0.1, 0.15) is 0 Å². The maximum atomic E-state index is 9.62. The van der Waals surface area contributed by atoms with Gasteiger partial charge in [-0.05, 0) is 11.0 Å². The Labute approximate surface area is 101 Å². The van der Waals surface area contributed by atoms with Crippen molar-refractivity contribution >= 4 is 12.1 Å². The van der Waals surface area contributed by atoms with Crippen LogP contribution in [0.15, 0.2) is 30.3 Å². The zero-order valence-corrected chi connectivity index (χ0v) is 10.4. The van der Waals surface area contributed by atoms with Crippen LogP contribution in [-0.4, -0.2) is 12.1 Å². The van der Waals surface area contributed by atoms with E-state index in [1.165, 1.54) is 5.56 Å². The summed E-state index contributed by atoms with van der Waals surface area (Å²) in [6.45, 7) is 6.67. The molecule has 4 amide bonds. The van der Waals surface area contributed by atoms with Crippen molar-refractivity contribution in [3.8, 4) is 0 Å². The lowest BCUT2D eigenvalue weighted by Gasteiger charge is -2.18. The first-order valence-corrected chi connectivity index (χ1v) is 5.15. The Hall–Kier alpha value is -2.04. The van der Waals surface area contributed by atoms with Gasteiger partial charge < -0.3 is 11.5 Å². The minimum Gasteiger partial charge on any atom is -0.351 e. The summed E-state index contributed by atoms with van der Waals surface area (Å²) in [4.78, 5) is 19.2. The average Bonchev–Trinajstić information content (AvgIpc) is 2.16. The van der Waals surface area contributed by atoms with Crippen molar-refractivity contribution in [1.29, 1.82) is 0 Å². The van der Waals surface area contributed by atoms with Crippen molar-refractivity contribution in [2.24, 2.45) is 11.5 Å². The minimum absolute atomic E-state index is 0.293. The highest BCUT2D eigenvalue weighted by Gasteiger charge is 2.11. The number of benzene rings is 1. The first kappa shape index (κ1) is 15.0. The SMILES string of the molecule is CC(C)(C)c1ccccc1.NC(=O)NC(N)=O. The van der Waals surface area contributed by atoms with Crippen molar-refractivity contribution in [1.82, 2.24) is 5.32 Å². The molecule has 0 radical (unpaired) electrons. The molecule has 0 fully saturated rings. The topological polar surface area (TPSA) is 98.2 Å². The van der Waals surface area contributed by atoms with Crippen molar-refractivity contribution < 1.29 is 9.59 Å². The van der Waals surface area contributed by atoms with E-state index in [4.69, 9.17) is 0 Å². The highest BCUT2D eigenvalue weighted by molar-refractivity contribution is 5.91. The molecular weight excluding hydrogens is 218 g/mol. The van der Waals surface area contributed by atoms with Gasteiger partial charge in [-0.1, -0.05) is 51.1 Å². The molecule has 17 heavy (non-hydrogen) atoms. The van der Waals surface area contributed by atoms with E-state index in [0.717, 1.165) is 0 Å². The number of amides is 4. The summed E-state index contributed by atoms with van der Waals surface area (Å²) >= 11 is 0. The molecule has 5 nitrogen and oxygen atoms in total. The predicted octanol–water partition coefficient (Wildman–Crippen LogP) is 1.72. The van der Waals surface area contributed by atoms with E-state index < -0.39 is 12.1 Å². The summed E-state index contributed by atoms with van der Waals surface area (Å²) < 4.78 is 0. The minimum atomic E-state index is -0.938. The number of carbonyl (C=O) groups excluding carboxylic acids is 2. The van der Waals surface area contributed by atoms with Gasteiger partial charge >= 0.3 is 12.1 Å². The van der Waals surface area contributed by atoms with Gasteiger partial charge in [-0.15, -0.1) is 0 Å². The standard InChI is InChI=1S/C10H14.C2H5N3O2/c1-10(2,3)9-7-5-4-6-8-9;3-1(6)5-2(4)7/h4-8H,1-3H3;(H5,3,4,5,6,7). The second kappa shape index (κ2) is 6.52. The van der Waals surface area contributed by atoms with Gasteiger partial charge in [0.2, 0.25) is 0 Å². The van der Waals surface area contributed by atoms with Gasteiger partial charge in [-0.3, -0.25) is 5.32 Å². The zero-order valence-electron chi connectivity index (χ0n) is 10.4. The van der Waals surface area contributed by atoms with Crippen LogP contribution < -0.4 is 16.8 Å². The molecule has 0 heterocycles. The molecule has 0 spiro atoms. The number of hydrogen-bond acceptors (Lipinski definition) is 2. The normalized spacial score (nSPS) is 9.82. The van der Waals surface area contributed by atoms with Crippen LogP contribution in [0.1, 0.15) is 26.3 Å². The van der Waals surface area contributed by atoms with E-state index in [1.807, 2.05) is 0 Å². The molecule has 1 aromatic rings. The van der Waals surface area contributed by atoms with Crippen molar-refractivity contribution in [2.45, 2.75) is 26.2 Å². The Balaban J connectivity index is 0.000000325. The Bertz CT molecular complexity index is 357. The number of imide groups is 1. The van der Waals surface area contributed by atoms with Gasteiger partial charge in [0.05, 0.1) is 0 Å². The number of nitrogens with one attached hydrogen (secondary N) is 1. The molecule has 1 aromatic carbocycles. The summed E-state index contributed by atoms with van der Waals surface area (Å²) in [6.07, 6.45) is 0. The Morgan fingerprint density at radius 1 is 1.00 bits per heavy atom. The van der Waals surface area contributed by atoms with Gasteiger partial charge in [-0.2, -0.15) is 0 Å². The third-order valence-corrected chi connectivity index (χ3v) is 1.89. The third-order valence-electron chi connectivity index (χ3n) is 1.89. The number of hydrogen-bond donors (Lipinski definition) is 3. The Morgan fingerprint density at radius 3 is 1.59 bits per heavy atom. The first-order valence-electron chi connectivity index (χ1n) is 5.15. The van der Waals surface area contributed by atoms with Gasteiger partial charge in [0, 0.05) is 0 Å².